The van der Waals surface area contributed by atoms with Gasteiger partial charge in [0, 0.05) is 26.2 Å². The quantitative estimate of drug-likeness (QED) is 0.884. The Morgan fingerprint density at radius 3 is 2.56 bits per heavy atom. The smallest absolute Gasteiger partial charge is 0.317 e. The number of urea groups is 1. The van der Waals surface area contributed by atoms with Gasteiger partial charge >= 0.3 is 6.03 Å². The maximum Gasteiger partial charge on any atom is 0.317 e. The number of hydrogen-bond donors (Lipinski definition) is 2. The van der Waals surface area contributed by atoms with E-state index in [1.54, 1.807) is 12.1 Å². The third kappa shape index (κ3) is 4.98. The zero-order valence-electron chi connectivity index (χ0n) is 15.1. The molecule has 5 heteroatoms. The van der Waals surface area contributed by atoms with Gasteiger partial charge in [-0.3, -0.25) is 0 Å². The average Bonchev–Trinajstić information content (AvgIpc) is 2.64. The van der Waals surface area contributed by atoms with Gasteiger partial charge in [0.2, 0.25) is 0 Å². The van der Waals surface area contributed by atoms with E-state index < -0.39 is 0 Å². The second-order valence-corrected chi connectivity index (χ2v) is 7.23. The molecule has 0 aromatic heterocycles. The van der Waals surface area contributed by atoms with E-state index in [2.05, 4.69) is 23.2 Å². The van der Waals surface area contributed by atoms with Gasteiger partial charge in [-0.05, 0) is 61.5 Å². The lowest BCUT2D eigenvalue weighted by atomic mass is 9.99. The van der Waals surface area contributed by atoms with Crippen LogP contribution >= 0.6 is 0 Å². The van der Waals surface area contributed by atoms with Gasteiger partial charge in [0.1, 0.15) is 5.75 Å². The minimum atomic E-state index is 0.0337. The number of likely N-dealkylation sites (tertiary alicyclic amines) is 1. The number of aromatic hydroxyl groups is 1. The third-order valence-corrected chi connectivity index (χ3v) is 5.31. The molecule has 136 valence electrons. The molecule has 3 rings (SSSR count). The molecule has 2 aliphatic heterocycles. The molecule has 0 saturated carbocycles. The van der Waals surface area contributed by atoms with Crippen molar-refractivity contribution in [3.63, 3.8) is 0 Å². The van der Waals surface area contributed by atoms with Crippen molar-refractivity contribution in [1.29, 1.82) is 0 Å². The number of piperidine rings is 1. The molecule has 25 heavy (non-hydrogen) atoms. The number of amides is 2. The van der Waals surface area contributed by atoms with E-state index in [9.17, 15) is 9.90 Å². The first-order valence-corrected chi connectivity index (χ1v) is 9.35. The summed E-state index contributed by atoms with van der Waals surface area (Å²) in [5.41, 5.74) is 2.36. The summed E-state index contributed by atoms with van der Waals surface area (Å²) in [4.78, 5) is 16.6. The summed E-state index contributed by atoms with van der Waals surface area (Å²) in [6.07, 6.45) is 5.50. The number of nitrogens with zero attached hydrogens (tertiary/aromatic N) is 2. The molecule has 0 aliphatic carbocycles. The monoisotopic (exact) mass is 343 g/mol. The molecule has 0 spiro atoms. The largest absolute Gasteiger partial charge is 0.508 e. The van der Waals surface area contributed by atoms with Gasteiger partial charge in [0.15, 0.2) is 0 Å². The second kappa shape index (κ2) is 8.39. The number of hydrogen-bond acceptors (Lipinski definition) is 3. The zero-order valence-corrected chi connectivity index (χ0v) is 15.1. The van der Waals surface area contributed by atoms with Gasteiger partial charge in [-0.15, -0.1) is 0 Å². The number of carbonyl (C=O) groups excluding carboxylic acids is 1. The molecule has 0 radical (unpaired) electrons. The highest BCUT2D eigenvalue weighted by molar-refractivity contribution is 5.76. The van der Waals surface area contributed by atoms with E-state index in [4.69, 9.17) is 0 Å². The van der Waals surface area contributed by atoms with E-state index in [0.29, 0.717) is 6.54 Å². The molecule has 1 saturated heterocycles. The van der Waals surface area contributed by atoms with Crippen molar-refractivity contribution in [1.82, 2.24) is 15.1 Å². The number of carbonyl (C=O) groups is 1. The van der Waals surface area contributed by atoms with Crippen molar-refractivity contribution in [2.75, 3.05) is 39.3 Å². The van der Waals surface area contributed by atoms with E-state index in [1.807, 2.05) is 17.0 Å². The molecule has 2 heterocycles. The van der Waals surface area contributed by atoms with Gasteiger partial charge in [0.05, 0.1) is 0 Å². The molecule has 0 atom stereocenters. The maximum atomic E-state index is 12.3. The standard InChI is InChI=1S/C20H29N3O2/c1-16-6-11-22(12-7-16)15-10-21-20(25)23-13-8-18(9-14-23)17-2-4-19(24)5-3-17/h2-5,8,16,24H,6-7,9-15H2,1H3,(H,21,25). The summed E-state index contributed by atoms with van der Waals surface area (Å²) in [5, 5.41) is 12.4. The van der Waals surface area contributed by atoms with Crippen LogP contribution in [-0.2, 0) is 0 Å². The molecular weight excluding hydrogens is 314 g/mol. The topological polar surface area (TPSA) is 55.8 Å². The average molecular weight is 343 g/mol. The summed E-state index contributed by atoms with van der Waals surface area (Å²) in [7, 11) is 0. The molecule has 0 unspecified atom stereocenters. The molecule has 1 aromatic rings. The fraction of sp³-hybridized carbons (Fsp3) is 0.550. The highest BCUT2D eigenvalue weighted by atomic mass is 16.3. The SMILES string of the molecule is CC1CCN(CCNC(=O)N2CC=C(c3ccc(O)cc3)CC2)CC1. The summed E-state index contributed by atoms with van der Waals surface area (Å²) in [6, 6.07) is 7.30. The van der Waals surface area contributed by atoms with E-state index >= 15 is 0 Å². The Balaban J connectivity index is 1.41. The lowest BCUT2D eigenvalue weighted by molar-refractivity contribution is 0.183. The molecule has 2 N–H and O–H groups in total. The van der Waals surface area contributed by atoms with Gasteiger partial charge in [0.25, 0.3) is 0 Å². The van der Waals surface area contributed by atoms with Crippen LogP contribution < -0.4 is 5.32 Å². The first kappa shape index (κ1) is 17.8. The van der Waals surface area contributed by atoms with Crippen molar-refractivity contribution >= 4 is 11.6 Å². The van der Waals surface area contributed by atoms with Crippen LogP contribution in [0.3, 0.4) is 0 Å². The Morgan fingerprint density at radius 2 is 1.92 bits per heavy atom. The van der Waals surface area contributed by atoms with E-state index in [1.165, 1.54) is 18.4 Å². The Bertz CT molecular complexity index is 604. The predicted molar refractivity (Wildman–Crippen MR) is 101 cm³/mol. The summed E-state index contributed by atoms with van der Waals surface area (Å²) >= 11 is 0. The van der Waals surface area contributed by atoms with Crippen molar-refractivity contribution in [2.24, 2.45) is 5.92 Å². The Hall–Kier alpha value is -2.01. The molecule has 1 aromatic carbocycles. The highest BCUT2D eigenvalue weighted by Crippen LogP contribution is 2.24. The Kier molecular flexibility index (Phi) is 5.97. The Morgan fingerprint density at radius 1 is 1.20 bits per heavy atom. The molecule has 5 nitrogen and oxygen atoms in total. The van der Waals surface area contributed by atoms with Gasteiger partial charge in [-0.1, -0.05) is 25.1 Å². The van der Waals surface area contributed by atoms with Crippen LogP contribution in [0.2, 0.25) is 0 Å². The number of benzene rings is 1. The van der Waals surface area contributed by atoms with Crippen molar-refractivity contribution < 1.29 is 9.90 Å². The Labute approximate surface area is 150 Å². The molecule has 0 bridgehead atoms. The summed E-state index contributed by atoms with van der Waals surface area (Å²) < 4.78 is 0. The lowest BCUT2D eigenvalue weighted by Gasteiger charge is -2.31. The van der Waals surface area contributed by atoms with Crippen LogP contribution in [0.5, 0.6) is 5.75 Å². The maximum absolute atomic E-state index is 12.3. The third-order valence-electron chi connectivity index (χ3n) is 5.31. The first-order valence-electron chi connectivity index (χ1n) is 9.35. The number of phenolic OH excluding ortho intramolecular Hbond substituents is 1. The lowest BCUT2D eigenvalue weighted by Crippen LogP contribution is -2.45. The normalized spacial score (nSPS) is 19.6. The van der Waals surface area contributed by atoms with Crippen LogP contribution in [0.1, 0.15) is 31.7 Å². The van der Waals surface area contributed by atoms with E-state index in [0.717, 1.165) is 50.6 Å². The van der Waals surface area contributed by atoms with Crippen LogP contribution in [0.4, 0.5) is 4.79 Å². The van der Waals surface area contributed by atoms with Gasteiger partial charge < -0.3 is 20.2 Å². The van der Waals surface area contributed by atoms with Crippen LogP contribution in [0.25, 0.3) is 5.57 Å². The van der Waals surface area contributed by atoms with Crippen LogP contribution in [-0.4, -0.2) is 60.2 Å². The van der Waals surface area contributed by atoms with Crippen molar-refractivity contribution in [3.05, 3.63) is 35.9 Å². The second-order valence-electron chi connectivity index (χ2n) is 7.23. The van der Waals surface area contributed by atoms with Gasteiger partial charge in [-0.25, -0.2) is 4.79 Å². The summed E-state index contributed by atoms with van der Waals surface area (Å²) in [5.74, 6) is 1.12. The highest BCUT2D eigenvalue weighted by Gasteiger charge is 2.19. The number of rotatable bonds is 4. The molecule has 2 aliphatic rings. The van der Waals surface area contributed by atoms with Gasteiger partial charge in [-0.2, -0.15) is 0 Å². The predicted octanol–water partition coefficient (Wildman–Crippen LogP) is 2.92. The number of phenols is 1. The molecule has 2 amide bonds. The summed E-state index contributed by atoms with van der Waals surface area (Å²) in [6.45, 7) is 7.66. The molecule has 1 fully saturated rings. The van der Waals surface area contributed by atoms with Crippen molar-refractivity contribution in [3.8, 4) is 5.75 Å². The number of nitrogens with one attached hydrogen (secondary N) is 1. The minimum Gasteiger partial charge on any atom is -0.508 e. The fourth-order valence-corrected chi connectivity index (χ4v) is 3.51. The van der Waals surface area contributed by atoms with Crippen LogP contribution in [0, 0.1) is 5.92 Å². The van der Waals surface area contributed by atoms with E-state index in [-0.39, 0.29) is 11.8 Å². The zero-order chi connectivity index (χ0) is 17.6. The molecular formula is C20H29N3O2. The van der Waals surface area contributed by atoms with Crippen molar-refractivity contribution in [2.45, 2.75) is 26.2 Å². The minimum absolute atomic E-state index is 0.0337. The first-order chi connectivity index (χ1) is 12.1. The van der Waals surface area contributed by atoms with Crippen LogP contribution in [0.15, 0.2) is 30.3 Å². The fourth-order valence-electron chi connectivity index (χ4n) is 3.51.